The second-order valence-electron chi connectivity index (χ2n) is 6.31. The first kappa shape index (κ1) is 16.7. The Bertz CT molecular complexity index is 403. The van der Waals surface area contributed by atoms with E-state index in [2.05, 4.69) is 0 Å². The van der Waals surface area contributed by atoms with Crippen molar-refractivity contribution in [3.05, 3.63) is 0 Å². The van der Waals surface area contributed by atoms with E-state index in [1.807, 2.05) is 13.8 Å². The predicted octanol–water partition coefficient (Wildman–Crippen LogP) is 2.24. The van der Waals surface area contributed by atoms with Gasteiger partial charge in [0.1, 0.15) is 0 Å². The van der Waals surface area contributed by atoms with E-state index in [-0.39, 0.29) is 18.5 Å². The molecule has 1 saturated heterocycles. The Kier molecular flexibility index (Phi) is 5.31. The number of carboxylic acid groups (broad SMARTS) is 1. The van der Waals surface area contributed by atoms with Gasteiger partial charge in [-0.05, 0) is 32.6 Å². The molecule has 5 heteroatoms. The number of carbonyl (C=O) groups excluding carboxylic acids is 2. The molecule has 1 fully saturated rings. The van der Waals surface area contributed by atoms with Gasteiger partial charge in [-0.15, -0.1) is 0 Å². The van der Waals surface area contributed by atoms with Crippen molar-refractivity contribution in [2.45, 2.75) is 71.9 Å². The van der Waals surface area contributed by atoms with Crippen LogP contribution in [0.2, 0.25) is 0 Å². The van der Waals surface area contributed by atoms with Gasteiger partial charge in [-0.2, -0.15) is 0 Å². The molecule has 1 rings (SSSR count). The van der Waals surface area contributed by atoms with E-state index in [0.717, 1.165) is 12.8 Å². The monoisotopic (exact) mass is 283 g/mol. The molecule has 0 aromatic rings. The third-order valence-corrected chi connectivity index (χ3v) is 4.37. The number of piperidine rings is 1. The lowest BCUT2D eigenvalue weighted by atomic mass is 9.83. The third kappa shape index (κ3) is 3.58. The van der Waals surface area contributed by atoms with Crippen LogP contribution in [0, 0.1) is 5.41 Å². The van der Waals surface area contributed by atoms with Gasteiger partial charge in [0.2, 0.25) is 5.78 Å². The molecule has 1 amide bonds. The van der Waals surface area contributed by atoms with Crippen molar-refractivity contribution >= 4 is 17.7 Å². The second kappa shape index (κ2) is 6.37. The molecule has 20 heavy (non-hydrogen) atoms. The molecule has 1 heterocycles. The quantitative estimate of drug-likeness (QED) is 0.785. The number of rotatable bonds is 5. The Morgan fingerprint density at radius 3 is 2.35 bits per heavy atom. The lowest BCUT2D eigenvalue weighted by Gasteiger charge is -2.41. The molecule has 0 saturated carbocycles. The minimum absolute atomic E-state index is 0.0720. The van der Waals surface area contributed by atoms with Crippen molar-refractivity contribution in [3.8, 4) is 0 Å². The van der Waals surface area contributed by atoms with Crippen molar-refractivity contribution in [2.24, 2.45) is 5.41 Å². The number of hydrogen-bond acceptors (Lipinski definition) is 3. The highest BCUT2D eigenvalue weighted by Crippen LogP contribution is 2.29. The van der Waals surface area contributed by atoms with Crippen LogP contribution in [0.4, 0.5) is 0 Å². The summed E-state index contributed by atoms with van der Waals surface area (Å²) in [6.45, 7) is 7.28. The first-order valence-corrected chi connectivity index (χ1v) is 7.29. The molecule has 2 unspecified atom stereocenters. The average Bonchev–Trinajstić information content (AvgIpc) is 2.36. The molecule has 2 atom stereocenters. The van der Waals surface area contributed by atoms with E-state index in [0.29, 0.717) is 12.8 Å². The number of likely N-dealkylation sites (tertiary alicyclic amines) is 1. The molecule has 1 aliphatic heterocycles. The minimum Gasteiger partial charge on any atom is -0.481 e. The number of aliphatic carboxylic acids is 1. The molecular formula is C15H25NO4. The molecule has 0 radical (unpaired) electrons. The normalized spacial score (nSPS) is 23.5. The molecule has 0 aromatic heterocycles. The van der Waals surface area contributed by atoms with Crippen LogP contribution < -0.4 is 0 Å². The maximum Gasteiger partial charge on any atom is 0.305 e. The van der Waals surface area contributed by atoms with Crippen molar-refractivity contribution in [1.29, 1.82) is 0 Å². The van der Waals surface area contributed by atoms with Crippen LogP contribution in [0.1, 0.15) is 59.8 Å². The number of nitrogens with zero attached hydrogens (tertiary/aromatic N) is 1. The molecule has 0 aromatic carbocycles. The minimum atomic E-state index is -0.927. The van der Waals surface area contributed by atoms with Crippen LogP contribution >= 0.6 is 0 Å². The lowest BCUT2D eigenvalue weighted by molar-refractivity contribution is -0.155. The number of hydrogen-bond donors (Lipinski definition) is 1. The van der Waals surface area contributed by atoms with Gasteiger partial charge in [-0.1, -0.05) is 20.8 Å². The van der Waals surface area contributed by atoms with Gasteiger partial charge >= 0.3 is 5.97 Å². The SMILES string of the molecule is CCC(C)(C)C(=O)C(=O)N1C(C)CCCC1CC(=O)O. The van der Waals surface area contributed by atoms with Crippen molar-refractivity contribution in [2.75, 3.05) is 0 Å². The Morgan fingerprint density at radius 1 is 1.25 bits per heavy atom. The Morgan fingerprint density at radius 2 is 1.85 bits per heavy atom. The first-order chi connectivity index (χ1) is 9.20. The zero-order valence-electron chi connectivity index (χ0n) is 12.8. The smallest absolute Gasteiger partial charge is 0.305 e. The topological polar surface area (TPSA) is 74.7 Å². The van der Waals surface area contributed by atoms with Crippen LogP contribution in [0.25, 0.3) is 0 Å². The fraction of sp³-hybridized carbons (Fsp3) is 0.800. The van der Waals surface area contributed by atoms with Crippen molar-refractivity contribution in [3.63, 3.8) is 0 Å². The Hall–Kier alpha value is -1.39. The zero-order valence-corrected chi connectivity index (χ0v) is 12.8. The Labute approximate surface area is 120 Å². The van der Waals surface area contributed by atoms with Crippen molar-refractivity contribution in [1.82, 2.24) is 4.90 Å². The number of carboxylic acids is 1. The van der Waals surface area contributed by atoms with Crippen molar-refractivity contribution < 1.29 is 19.5 Å². The van der Waals surface area contributed by atoms with E-state index in [4.69, 9.17) is 5.11 Å². The molecular weight excluding hydrogens is 258 g/mol. The summed E-state index contributed by atoms with van der Waals surface area (Å²) in [4.78, 5) is 37.3. The Balaban J connectivity index is 2.95. The van der Waals surface area contributed by atoms with Crippen LogP contribution in [-0.2, 0) is 14.4 Å². The molecule has 1 N–H and O–H groups in total. The van der Waals surface area contributed by atoms with Crippen LogP contribution in [0.15, 0.2) is 0 Å². The van der Waals surface area contributed by atoms with E-state index in [1.165, 1.54) is 4.90 Å². The summed E-state index contributed by atoms with van der Waals surface area (Å²) >= 11 is 0. The maximum atomic E-state index is 12.5. The summed E-state index contributed by atoms with van der Waals surface area (Å²) in [7, 11) is 0. The predicted molar refractivity (Wildman–Crippen MR) is 75.3 cm³/mol. The number of Topliss-reactive ketones (excluding diaryl/α,β-unsaturated/α-hetero) is 1. The summed E-state index contributed by atoms with van der Waals surface area (Å²) in [6, 6.07) is -0.433. The summed E-state index contributed by atoms with van der Waals surface area (Å²) in [6.07, 6.45) is 2.87. The summed E-state index contributed by atoms with van der Waals surface area (Å²) < 4.78 is 0. The first-order valence-electron chi connectivity index (χ1n) is 7.29. The molecule has 1 aliphatic rings. The number of carbonyl (C=O) groups is 3. The fourth-order valence-corrected chi connectivity index (χ4v) is 2.62. The highest BCUT2D eigenvalue weighted by molar-refractivity contribution is 6.38. The highest BCUT2D eigenvalue weighted by atomic mass is 16.4. The molecule has 0 bridgehead atoms. The van der Waals surface area contributed by atoms with Gasteiger partial charge in [-0.25, -0.2) is 0 Å². The van der Waals surface area contributed by atoms with Gasteiger partial charge in [0.05, 0.1) is 6.42 Å². The molecule has 0 spiro atoms. The standard InChI is InChI=1S/C15H25NO4/c1-5-15(3,4)13(19)14(20)16-10(2)7-6-8-11(16)9-12(17)18/h10-11H,5-9H2,1-4H3,(H,17,18). The van der Waals surface area contributed by atoms with E-state index in [1.54, 1.807) is 13.8 Å². The van der Waals surface area contributed by atoms with Gasteiger partial charge in [0, 0.05) is 17.5 Å². The van der Waals surface area contributed by atoms with E-state index in [9.17, 15) is 14.4 Å². The third-order valence-electron chi connectivity index (χ3n) is 4.37. The van der Waals surface area contributed by atoms with Crippen LogP contribution in [0.5, 0.6) is 0 Å². The van der Waals surface area contributed by atoms with Gasteiger partial charge in [0.15, 0.2) is 0 Å². The highest BCUT2D eigenvalue weighted by Gasteiger charge is 2.40. The summed E-state index contributed by atoms with van der Waals surface area (Å²) in [5.41, 5.74) is -0.692. The largest absolute Gasteiger partial charge is 0.481 e. The van der Waals surface area contributed by atoms with E-state index < -0.39 is 23.1 Å². The number of amides is 1. The molecule has 0 aliphatic carbocycles. The number of ketones is 1. The molecule has 114 valence electrons. The average molecular weight is 283 g/mol. The van der Waals surface area contributed by atoms with Gasteiger partial charge in [0.25, 0.3) is 5.91 Å². The van der Waals surface area contributed by atoms with Crippen LogP contribution in [0.3, 0.4) is 0 Å². The lowest BCUT2D eigenvalue weighted by Crippen LogP contribution is -2.54. The molecule has 5 nitrogen and oxygen atoms in total. The summed E-state index contributed by atoms with van der Waals surface area (Å²) in [5, 5.41) is 8.97. The fourth-order valence-electron chi connectivity index (χ4n) is 2.62. The summed E-state index contributed by atoms with van der Waals surface area (Å²) in [5.74, 6) is -1.86. The second-order valence-corrected chi connectivity index (χ2v) is 6.31. The van der Waals surface area contributed by atoms with Crippen LogP contribution in [-0.4, -0.2) is 39.7 Å². The van der Waals surface area contributed by atoms with Gasteiger partial charge in [-0.3, -0.25) is 14.4 Å². The zero-order chi connectivity index (χ0) is 15.5. The van der Waals surface area contributed by atoms with Gasteiger partial charge < -0.3 is 10.0 Å². The van der Waals surface area contributed by atoms with E-state index >= 15 is 0 Å². The maximum absolute atomic E-state index is 12.5.